The number of carbonyl (C=O) groups is 2. The first-order valence-corrected chi connectivity index (χ1v) is 12.1. The van der Waals surface area contributed by atoms with Crippen LogP contribution in [0.25, 0.3) is 5.69 Å². The second-order valence-corrected chi connectivity index (χ2v) is 9.55. The van der Waals surface area contributed by atoms with Crippen molar-refractivity contribution < 1.29 is 14.3 Å². The van der Waals surface area contributed by atoms with Crippen molar-refractivity contribution in [3.8, 4) is 11.4 Å². The minimum Gasteiger partial charge on any atom is -0.497 e. The number of benzene rings is 2. The van der Waals surface area contributed by atoms with Gasteiger partial charge >= 0.3 is 0 Å². The molecule has 0 bridgehead atoms. The van der Waals surface area contributed by atoms with Crippen molar-refractivity contribution in [3.05, 3.63) is 71.9 Å². The Morgan fingerprint density at radius 3 is 2.26 bits per heavy atom. The van der Waals surface area contributed by atoms with Crippen molar-refractivity contribution >= 4 is 17.6 Å². The molecule has 1 unspecified atom stereocenters. The average molecular weight is 477 g/mol. The predicted octanol–water partition coefficient (Wildman–Crippen LogP) is 5.16. The number of hydrogen-bond donors (Lipinski definition) is 1. The summed E-state index contributed by atoms with van der Waals surface area (Å²) < 4.78 is 6.98. The number of carbonyl (C=O) groups excluding carboxylic acids is 2. The third-order valence-electron chi connectivity index (χ3n) is 6.00. The summed E-state index contributed by atoms with van der Waals surface area (Å²) in [5.74, 6) is 0.710. The molecule has 1 heterocycles. The van der Waals surface area contributed by atoms with E-state index in [2.05, 4.69) is 26.1 Å². The molecule has 0 aliphatic rings. The van der Waals surface area contributed by atoms with Crippen LogP contribution in [-0.4, -0.2) is 46.7 Å². The van der Waals surface area contributed by atoms with Crippen LogP contribution in [0.15, 0.2) is 60.7 Å². The fourth-order valence-corrected chi connectivity index (χ4v) is 3.92. The van der Waals surface area contributed by atoms with Gasteiger partial charge in [0.1, 0.15) is 11.6 Å². The summed E-state index contributed by atoms with van der Waals surface area (Å²) in [7, 11) is 1.62. The van der Waals surface area contributed by atoms with Gasteiger partial charge in [-0.3, -0.25) is 9.59 Å². The molecule has 2 amide bonds. The Morgan fingerprint density at radius 2 is 1.71 bits per heavy atom. The van der Waals surface area contributed by atoms with Crippen molar-refractivity contribution in [3.63, 3.8) is 0 Å². The Hall–Kier alpha value is -3.61. The molecule has 3 rings (SSSR count). The van der Waals surface area contributed by atoms with Crippen LogP contribution in [0.1, 0.15) is 58.2 Å². The van der Waals surface area contributed by atoms with E-state index in [9.17, 15) is 9.59 Å². The first-order valence-electron chi connectivity index (χ1n) is 12.1. The van der Waals surface area contributed by atoms with Crippen molar-refractivity contribution in [1.29, 1.82) is 0 Å². The maximum atomic E-state index is 13.3. The molecule has 0 aliphatic heterocycles. The summed E-state index contributed by atoms with van der Waals surface area (Å²) >= 11 is 0. The predicted molar refractivity (Wildman–Crippen MR) is 139 cm³/mol. The number of methoxy groups -OCH3 is 1. The summed E-state index contributed by atoms with van der Waals surface area (Å²) in [6, 6.07) is 19.1. The number of nitrogens with one attached hydrogen (secondary N) is 1. The number of hydrogen-bond acceptors (Lipinski definition) is 4. The third kappa shape index (κ3) is 6.29. The van der Waals surface area contributed by atoms with Crippen LogP contribution in [0, 0.1) is 0 Å². The molecule has 3 aromatic rings. The third-order valence-corrected chi connectivity index (χ3v) is 6.00. The zero-order valence-electron chi connectivity index (χ0n) is 21.5. The number of likely N-dealkylation sites (N-methyl/N-ethyl adjacent to an activating group) is 1. The molecule has 0 aliphatic carbocycles. The van der Waals surface area contributed by atoms with Gasteiger partial charge in [0.05, 0.1) is 31.0 Å². The van der Waals surface area contributed by atoms with Crippen LogP contribution in [0.5, 0.6) is 5.75 Å². The quantitative estimate of drug-likeness (QED) is 0.463. The lowest BCUT2D eigenvalue weighted by molar-refractivity contribution is -0.135. The largest absolute Gasteiger partial charge is 0.497 e. The summed E-state index contributed by atoms with van der Waals surface area (Å²) in [5, 5.41) is 7.74. The van der Waals surface area contributed by atoms with Gasteiger partial charge in [-0.05, 0) is 43.2 Å². The number of rotatable bonds is 9. The molecule has 1 aromatic heterocycles. The molecular weight excluding hydrogens is 440 g/mol. The smallest absolute Gasteiger partial charge is 0.245 e. The van der Waals surface area contributed by atoms with Gasteiger partial charge in [0.2, 0.25) is 11.8 Å². The minimum atomic E-state index is -0.277. The van der Waals surface area contributed by atoms with E-state index in [-0.39, 0.29) is 29.7 Å². The molecule has 0 saturated heterocycles. The lowest BCUT2D eigenvalue weighted by Crippen LogP contribution is -2.40. The van der Waals surface area contributed by atoms with Crippen LogP contribution in [0.2, 0.25) is 0 Å². The van der Waals surface area contributed by atoms with E-state index < -0.39 is 0 Å². The van der Waals surface area contributed by atoms with Gasteiger partial charge in [-0.1, -0.05) is 58.0 Å². The molecule has 0 fully saturated rings. The number of anilines is 1. The maximum absolute atomic E-state index is 13.3. The van der Waals surface area contributed by atoms with E-state index in [0.29, 0.717) is 18.8 Å². The van der Waals surface area contributed by atoms with E-state index in [0.717, 1.165) is 22.7 Å². The van der Waals surface area contributed by atoms with Gasteiger partial charge in [0.15, 0.2) is 0 Å². The molecule has 7 heteroatoms. The van der Waals surface area contributed by atoms with Gasteiger partial charge in [-0.25, -0.2) is 4.68 Å². The molecule has 186 valence electrons. The highest BCUT2D eigenvalue weighted by Gasteiger charge is 2.26. The lowest BCUT2D eigenvalue weighted by atomic mass is 9.92. The van der Waals surface area contributed by atoms with Crippen LogP contribution in [-0.2, 0) is 15.0 Å². The van der Waals surface area contributed by atoms with Crippen molar-refractivity contribution in [1.82, 2.24) is 14.7 Å². The maximum Gasteiger partial charge on any atom is 0.245 e. The topological polar surface area (TPSA) is 76.5 Å². The number of amides is 2. The monoisotopic (exact) mass is 476 g/mol. The molecule has 2 aromatic carbocycles. The van der Waals surface area contributed by atoms with Gasteiger partial charge < -0.3 is 15.0 Å². The first-order chi connectivity index (χ1) is 16.7. The molecule has 7 nitrogen and oxygen atoms in total. The van der Waals surface area contributed by atoms with Crippen molar-refractivity contribution in [2.24, 2.45) is 0 Å². The number of ether oxygens (including phenoxy) is 1. The molecule has 0 radical (unpaired) electrons. The normalized spacial score (nSPS) is 12.2. The Morgan fingerprint density at radius 1 is 1.06 bits per heavy atom. The summed E-state index contributed by atoms with van der Waals surface area (Å²) in [6.07, 6.45) is 0.667. The second-order valence-electron chi connectivity index (χ2n) is 9.55. The van der Waals surface area contributed by atoms with E-state index in [1.165, 1.54) is 0 Å². The Labute approximate surface area is 208 Å². The highest BCUT2D eigenvalue weighted by Crippen LogP contribution is 2.27. The van der Waals surface area contributed by atoms with E-state index in [1.807, 2.05) is 74.5 Å². The van der Waals surface area contributed by atoms with Crippen LogP contribution in [0.4, 0.5) is 5.82 Å². The number of aromatic nitrogens is 2. The Kier molecular flexibility index (Phi) is 8.33. The van der Waals surface area contributed by atoms with Crippen molar-refractivity contribution in [2.45, 2.75) is 52.4 Å². The molecule has 35 heavy (non-hydrogen) atoms. The van der Waals surface area contributed by atoms with Crippen LogP contribution in [0.3, 0.4) is 0 Å². The molecule has 1 atom stereocenters. The summed E-state index contributed by atoms with van der Waals surface area (Å²) in [6.45, 7) is 10.5. The van der Waals surface area contributed by atoms with Gasteiger partial charge in [-0.15, -0.1) is 0 Å². The fourth-order valence-electron chi connectivity index (χ4n) is 3.92. The Bertz CT molecular complexity index is 1130. The van der Waals surface area contributed by atoms with Crippen LogP contribution < -0.4 is 10.1 Å². The fraction of sp³-hybridized carbons (Fsp3) is 0.393. The first kappa shape index (κ1) is 26.0. The van der Waals surface area contributed by atoms with E-state index in [1.54, 1.807) is 16.7 Å². The molecule has 0 saturated carbocycles. The van der Waals surface area contributed by atoms with E-state index in [4.69, 9.17) is 9.84 Å². The lowest BCUT2D eigenvalue weighted by Gasteiger charge is -2.25. The number of nitrogens with zero attached hydrogens (tertiary/aromatic N) is 3. The van der Waals surface area contributed by atoms with Gasteiger partial charge in [0.25, 0.3) is 0 Å². The van der Waals surface area contributed by atoms with Crippen LogP contribution >= 0.6 is 0 Å². The van der Waals surface area contributed by atoms with Crippen molar-refractivity contribution in [2.75, 3.05) is 25.5 Å². The second kappa shape index (κ2) is 11.2. The SMILES string of the molecule is CCC(C(=O)N(CC)CC(=O)Nc1cc(C(C)(C)C)nn1-c1ccc(OC)cc1)c1ccccc1. The molecule has 0 spiro atoms. The van der Waals surface area contributed by atoms with Gasteiger partial charge in [0, 0.05) is 18.0 Å². The minimum absolute atomic E-state index is 0.0304. The highest BCUT2D eigenvalue weighted by atomic mass is 16.5. The van der Waals surface area contributed by atoms with Gasteiger partial charge in [-0.2, -0.15) is 5.10 Å². The zero-order valence-corrected chi connectivity index (χ0v) is 21.5. The molecule has 1 N–H and O–H groups in total. The summed E-state index contributed by atoms with van der Waals surface area (Å²) in [5.41, 5.74) is 2.41. The zero-order chi connectivity index (χ0) is 25.6. The average Bonchev–Trinajstić information content (AvgIpc) is 3.28. The van der Waals surface area contributed by atoms with E-state index >= 15 is 0 Å². The highest BCUT2D eigenvalue weighted by molar-refractivity contribution is 5.95. The molecular formula is C28H36N4O3. The Balaban J connectivity index is 1.82. The summed E-state index contributed by atoms with van der Waals surface area (Å²) in [4.78, 5) is 28.0. The standard InChI is InChI=1S/C28H36N4O3/c1-7-23(20-12-10-9-11-13-20)27(34)31(8-2)19-26(33)29-25-18-24(28(3,4)5)30-32(25)21-14-16-22(35-6)17-15-21/h9-18,23H,7-8,19H2,1-6H3,(H,29,33).